The number of ether oxygens (including phenoxy) is 1. The zero-order valence-corrected chi connectivity index (χ0v) is 11.8. The van der Waals surface area contributed by atoms with E-state index in [0.29, 0.717) is 18.8 Å². The minimum atomic E-state index is 0.0122. The molecule has 104 valence electrons. The highest BCUT2D eigenvalue weighted by Crippen LogP contribution is 2.17. The molecule has 0 unspecified atom stereocenters. The first kappa shape index (κ1) is 13.1. The summed E-state index contributed by atoms with van der Waals surface area (Å²) in [5.41, 5.74) is 1.08. The molecule has 2 aromatic rings. The van der Waals surface area contributed by atoms with Gasteiger partial charge in [-0.1, -0.05) is 0 Å². The highest BCUT2D eigenvalue weighted by atomic mass is 32.1. The van der Waals surface area contributed by atoms with E-state index in [1.165, 1.54) is 0 Å². The quantitative estimate of drug-likeness (QED) is 0.860. The van der Waals surface area contributed by atoms with Crippen LogP contribution in [-0.4, -0.2) is 40.0 Å². The van der Waals surface area contributed by atoms with Crippen LogP contribution < -0.4 is 4.74 Å². The maximum absolute atomic E-state index is 12.2. The number of nitrogens with zero attached hydrogens (tertiary/aromatic N) is 3. The number of thiophene rings is 1. The van der Waals surface area contributed by atoms with Gasteiger partial charge in [0.15, 0.2) is 0 Å². The normalized spacial score (nSPS) is 18.2. The second-order valence-corrected chi connectivity index (χ2v) is 5.50. The summed E-state index contributed by atoms with van der Waals surface area (Å²) >= 11 is 1.62. The van der Waals surface area contributed by atoms with Gasteiger partial charge in [0.2, 0.25) is 11.8 Å². The Morgan fingerprint density at radius 2 is 2.45 bits per heavy atom. The van der Waals surface area contributed by atoms with E-state index in [0.717, 1.165) is 18.5 Å². The van der Waals surface area contributed by atoms with Gasteiger partial charge in [-0.3, -0.25) is 9.78 Å². The number of carbonyl (C=O) groups excluding carboxylic acids is 1. The lowest BCUT2D eigenvalue weighted by Gasteiger charge is -2.16. The molecule has 20 heavy (non-hydrogen) atoms. The Bertz CT molecular complexity index is 559. The van der Waals surface area contributed by atoms with Crippen LogP contribution in [-0.2, 0) is 11.2 Å². The molecular weight excluding hydrogens is 274 g/mol. The van der Waals surface area contributed by atoms with E-state index in [9.17, 15) is 4.79 Å². The van der Waals surface area contributed by atoms with Gasteiger partial charge in [-0.05, 0) is 22.4 Å². The fourth-order valence-electron chi connectivity index (χ4n) is 2.25. The van der Waals surface area contributed by atoms with E-state index in [2.05, 4.69) is 9.97 Å². The average Bonchev–Trinajstić information content (AvgIpc) is 3.11. The van der Waals surface area contributed by atoms with Crippen molar-refractivity contribution in [2.45, 2.75) is 18.9 Å². The molecule has 1 aliphatic heterocycles. The number of amides is 1. The molecule has 1 atom stereocenters. The van der Waals surface area contributed by atoms with Crippen molar-refractivity contribution < 1.29 is 9.53 Å². The van der Waals surface area contributed by atoms with Crippen LogP contribution in [0, 0.1) is 0 Å². The first-order valence-corrected chi connectivity index (χ1v) is 7.47. The molecule has 0 saturated carbocycles. The lowest BCUT2D eigenvalue weighted by Crippen LogP contribution is -2.32. The molecule has 0 spiro atoms. The Morgan fingerprint density at radius 3 is 3.20 bits per heavy atom. The molecule has 1 fully saturated rings. The second-order valence-electron chi connectivity index (χ2n) is 4.72. The predicted molar refractivity (Wildman–Crippen MR) is 75.7 cm³/mol. The molecule has 6 heteroatoms. The third kappa shape index (κ3) is 3.14. The van der Waals surface area contributed by atoms with Crippen LogP contribution in [0.1, 0.15) is 12.0 Å². The molecule has 2 aromatic heterocycles. The third-order valence-electron chi connectivity index (χ3n) is 3.26. The van der Waals surface area contributed by atoms with Crippen LogP contribution in [0.3, 0.4) is 0 Å². The van der Waals surface area contributed by atoms with E-state index in [4.69, 9.17) is 4.74 Å². The summed E-state index contributed by atoms with van der Waals surface area (Å²) in [5, 5.41) is 4.01. The van der Waals surface area contributed by atoms with Crippen molar-refractivity contribution in [3.05, 3.63) is 41.0 Å². The average molecular weight is 289 g/mol. The van der Waals surface area contributed by atoms with Gasteiger partial charge < -0.3 is 9.64 Å². The Morgan fingerprint density at radius 1 is 1.50 bits per heavy atom. The predicted octanol–water partition coefficient (Wildman–Crippen LogP) is 1.76. The van der Waals surface area contributed by atoms with Crippen LogP contribution in [0.25, 0.3) is 0 Å². The third-order valence-corrected chi connectivity index (χ3v) is 3.99. The molecule has 1 saturated heterocycles. The molecule has 0 radical (unpaired) electrons. The van der Waals surface area contributed by atoms with Crippen LogP contribution in [0.15, 0.2) is 35.4 Å². The van der Waals surface area contributed by atoms with E-state index >= 15 is 0 Å². The lowest BCUT2D eigenvalue weighted by atomic mass is 10.2. The van der Waals surface area contributed by atoms with Crippen LogP contribution in [0.2, 0.25) is 0 Å². The molecule has 1 amide bonds. The number of carbonyl (C=O) groups is 1. The van der Waals surface area contributed by atoms with E-state index in [-0.39, 0.29) is 12.0 Å². The number of aromatic nitrogens is 2. The number of hydrogen-bond acceptors (Lipinski definition) is 5. The van der Waals surface area contributed by atoms with Crippen LogP contribution in [0.4, 0.5) is 0 Å². The van der Waals surface area contributed by atoms with E-state index < -0.39 is 0 Å². The van der Waals surface area contributed by atoms with Gasteiger partial charge in [0.05, 0.1) is 19.2 Å². The highest BCUT2D eigenvalue weighted by molar-refractivity contribution is 7.07. The standard InChI is InChI=1S/C14H15N3O2S/c18-14(7-11-2-6-20-10-11)17-5-1-12(9-17)19-13-8-15-3-4-16-13/h2-4,6,8,10,12H,1,5,7,9H2/t12-/m1/s1. The van der Waals surface area contributed by atoms with Crippen molar-refractivity contribution in [3.8, 4) is 5.88 Å². The first-order chi connectivity index (χ1) is 9.81. The number of hydrogen-bond donors (Lipinski definition) is 0. The molecule has 5 nitrogen and oxygen atoms in total. The Labute approximate surface area is 121 Å². The maximum atomic E-state index is 12.2. The van der Waals surface area contributed by atoms with Crippen molar-refractivity contribution in [1.29, 1.82) is 0 Å². The summed E-state index contributed by atoms with van der Waals surface area (Å²) in [6.07, 6.45) is 6.13. The van der Waals surface area contributed by atoms with Gasteiger partial charge in [-0.15, -0.1) is 0 Å². The van der Waals surface area contributed by atoms with Gasteiger partial charge in [0.25, 0.3) is 0 Å². The van der Waals surface area contributed by atoms with Gasteiger partial charge in [0, 0.05) is 25.4 Å². The van der Waals surface area contributed by atoms with E-state index in [1.54, 1.807) is 29.9 Å². The van der Waals surface area contributed by atoms with Crippen molar-refractivity contribution in [1.82, 2.24) is 14.9 Å². The highest BCUT2D eigenvalue weighted by Gasteiger charge is 2.27. The molecule has 0 bridgehead atoms. The lowest BCUT2D eigenvalue weighted by molar-refractivity contribution is -0.129. The smallest absolute Gasteiger partial charge is 0.232 e. The number of likely N-dealkylation sites (tertiary alicyclic amines) is 1. The first-order valence-electron chi connectivity index (χ1n) is 6.53. The fraction of sp³-hybridized carbons (Fsp3) is 0.357. The van der Waals surface area contributed by atoms with Gasteiger partial charge >= 0.3 is 0 Å². The second kappa shape index (κ2) is 6.00. The van der Waals surface area contributed by atoms with Gasteiger partial charge in [0.1, 0.15) is 6.10 Å². The summed E-state index contributed by atoms with van der Waals surface area (Å²) < 4.78 is 5.73. The SMILES string of the molecule is O=C(Cc1ccsc1)N1CC[C@@H](Oc2cnccn2)C1. The molecule has 0 aromatic carbocycles. The molecule has 3 heterocycles. The molecular formula is C14H15N3O2S. The van der Waals surface area contributed by atoms with Crippen molar-refractivity contribution >= 4 is 17.2 Å². The Kier molecular flexibility index (Phi) is 3.92. The largest absolute Gasteiger partial charge is 0.471 e. The molecule has 3 rings (SSSR count). The van der Waals surface area contributed by atoms with Crippen molar-refractivity contribution in [2.75, 3.05) is 13.1 Å². The van der Waals surface area contributed by atoms with Crippen molar-refractivity contribution in [3.63, 3.8) is 0 Å². The zero-order valence-electron chi connectivity index (χ0n) is 10.9. The minimum Gasteiger partial charge on any atom is -0.471 e. The van der Waals surface area contributed by atoms with Crippen LogP contribution >= 0.6 is 11.3 Å². The Balaban J connectivity index is 1.53. The van der Waals surface area contributed by atoms with Crippen LogP contribution in [0.5, 0.6) is 5.88 Å². The summed E-state index contributed by atoms with van der Waals surface area (Å²) in [6.45, 7) is 1.37. The molecule has 1 aliphatic rings. The van der Waals surface area contributed by atoms with Gasteiger partial charge in [-0.2, -0.15) is 11.3 Å². The maximum Gasteiger partial charge on any atom is 0.232 e. The monoisotopic (exact) mass is 289 g/mol. The fourth-order valence-corrected chi connectivity index (χ4v) is 2.92. The van der Waals surface area contributed by atoms with Gasteiger partial charge in [-0.25, -0.2) is 4.98 Å². The zero-order chi connectivity index (χ0) is 13.8. The summed E-state index contributed by atoms with van der Waals surface area (Å²) in [5.74, 6) is 0.679. The Hall–Kier alpha value is -1.95. The number of rotatable bonds is 4. The summed E-state index contributed by atoms with van der Waals surface area (Å²) in [6, 6.07) is 1.99. The topological polar surface area (TPSA) is 55.3 Å². The molecule has 0 N–H and O–H groups in total. The molecule has 0 aliphatic carbocycles. The minimum absolute atomic E-state index is 0.0122. The van der Waals surface area contributed by atoms with Crippen molar-refractivity contribution in [2.24, 2.45) is 0 Å². The summed E-state index contributed by atoms with van der Waals surface area (Å²) in [4.78, 5) is 22.1. The van der Waals surface area contributed by atoms with E-state index in [1.807, 2.05) is 21.7 Å². The summed E-state index contributed by atoms with van der Waals surface area (Å²) in [7, 11) is 0.